The van der Waals surface area contributed by atoms with Crippen LogP contribution in [0.2, 0.25) is 0 Å². The van der Waals surface area contributed by atoms with Gasteiger partial charge in [-0.2, -0.15) is 0 Å². The highest BCUT2D eigenvalue weighted by Gasteiger charge is 2.08. The molecule has 0 aliphatic rings. The lowest BCUT2D eigenvalue weighted by Crippen LogP contribution is -2.13. The monoisotopic (exact) mass is 368 g/mol. The van der Waals surface area contributed by atoms with Crippen molar-refractivity contribution in [3.05, 3.63) is 59.7 Å². The number of carbonyl (C=O) groups is 2. The SMILES string of the molecule is O=C(CCCCC(=O)Nc1ccc(F)c(F)c1)Nc1ccc(F)c(F)c1. The number of amides is 2. The summed E-state index contributed by atoms with van der Waals surface area (Å²) in [4.78, 5) is 23.4. The van der Waals surface area contributed by atoms with E-state index in [-0.39, 0.29) is 24.2 Å². The Morgan fingerprint density at radius 3 is 1.38 bits per heavy atom. The fraction of sp³-hybridized carbons (Fsp3) is 0.222. The van der Waals surface area contributed by atoms with E-state index in [4.69, 9.17) is 0 Å². The van der Waals surface area contributed by atoms with Crippen molar-refractivity contribution in [2.45, 2.75) is 25.7 Å². The maximum absolute atomic E-state index is 13.0. The second-order valence-corrected chi connectivity index (χ2v) is 5.56. The second-order valence-electron chi connectivity index (χ2n) is 5.56. The van der Waals surface area contributed by atoms with Gasteiger partial charge in [0.05, 0.1) is 0 Å². The molecule has 26 heavy (non-hydrogen) atoms. The number of hydrogen-bond acceptors (Lipinski definition) is 2. The molecule has 0 fully saturated rings. The van der Waals surface area contributed by atoms with Crippen molar-refractivity contribution >= 4 is 23.2 Å². The van der Waals surface area contributed by atoms with Gasteiger partial charge < -0.3 is 10.6 Å². The fourth-order valence-electron chi connectivity index (χ4n) is 2.17. The molecule has 2 aromatic carbocycles. The van der Waals surface area contributed by atoms with Crippen LogP contribution in [0.15, 0.2) is 36.4 Å². The third-order valence-corrected chi connectivity index (χ3v) is 3.46. The lowest BCUT2D eigenvalue weighted by Gasteiger charge is -2.07. The minimum atomic E-state index is -1.06. The molecule has 4 nitrogen and oxygen atoms in total. The molecule has 0 bridgehead atoms. The van der Waals surface area contributed by atoms with Crippen LogP contribution in [0.3, 0.4) is 0 Å². The largest absolute Gasteiger partial charge is 0.326 e. The first-order chi connectivity index (χ1) is 12.3. The Kier molecular flexibility index (Phi) is 6.71. The number of benzene rings is 2. The zero-order chi connectivity index (χ0) is 19.1. The Morgan fingerprint density at radius 1 is 0.654 bits per heavy atom. The maximum Gasteiger partial charge on any atom is 0.224 e. The molecule has 0 saturated carbocycles. The van der Waals surface area contributed by atoms with Crippen LogP contribution >= 0.6 is 0 Å². The van der Waals surface area contributed by atoms with Gasteiger partial charge in [-0.25, -0.2) is 17.6 Å². The number of hydrogen-bond donors (Lipinski definition) is 2. The molecule has 0 spiro atoms. The molecule has 8 heteroatoms. The van der Waals surface area contributed by atoms with Crippen LogP contribution in [-0.4, -0.2) is 11.8 Å². The van der Waals surface area contributed by atoms with Gasteiger partial charge in [0.1, 0.15) is 0 Å². The summed E-state index contributed by atoms with van der Waals surface area (Å²) in [6, 6.07) is 6.06. The van der Waals surface area contributed by atoms with E-state index in [1.807, 2.05) is 0 Å². The topological polar surface area (TPSA) is 58.2 Å². The van der Waals surface area contributed by atoms with Crippen LogP contribution in [0, 0.1) is 23.3 Å². The van der Waals surface area contributed by atoms with Crippen LogP contribution in [-0.2, 0) is 9.59 Å². The average molecular weight is 368 g/mol. The van der Waals surface area contributed by atoms with Crippen LogP contribution < -0.4 is 10.6 Å². The number of anilines is 2. The molecule has 2 aromatic rings. The van der Waals surface area contributed by atoms with Crippen molar-refractivity contribution in [2.75, 3.05) is 10.6 Å². The van der Waals surface area contributed by atoms with Crippen LogP contribution in [0.5, 0.6) is 0 Å². The number of carbonyl (C=O) groups excluding carboxylic acids is 2. The Bertz CT molecular complexity index is 744. The molecule has 0 aliphatic carbocycles. The van der Waals surface area contributed by atoms with Gasteiger partial charge in [-0.3, -0.25) is 9.59 Å². The first-order valence-electron chi connectivity index (χ1n) is 7.85. The summed E-state index contributed by atoms with van der Waals surface area (Å²) < 4.78 is 51.7. The summed E-state index contributed by atoms with van der Waals surface area (Å²) in [5.41, 5.74) is 0.287. The van der Waals surface area contributed by atoms with Crippen LogP contribution in [0.4, 0.5) is 28.9 Å². The molecule has 0 atom stereocenters. The molecule has 0 aliphatic heterocycles. The first-order valence-corrected chi connectivity index (χ1v) is 7.85. The highest BCUT2D eigenvalue weighted by molar-refractivity contribution is 5.91. The molecule has 138 valence electrons. The normalized spacial score (nSPS) is 10.5. The van der Waals surface area contributed by atoms with E-state index in [2.05, 4.69) is 10.6 Å². The summed E-state index contributed by atoms with van der Waals surface area (Å²) in [5, 5.41) is 4.85. The van der Waals surface area contributed by atoms with E-state index in [0.29, 0.717) is 12.8 Å². The van der Waals surface area contributed by atoms with Gasteiger partial charge in [-0.05, 0) is 37.1 Å². The summed E-state index contributed by atoms with van der Waals surface area (Å²) in [6.07, 6.45) is 0.969. The van der Waals surface area contributed by atoms with Crippen molar-refractivity contribution in [1.82, 2.24) is 0 Å². The standard InChI is InChI=1S/C18H16F4N2O2/c19-13-7-5-11(9-15(13)21)23-17(25)3-1-2-4-18(26)24-12-6-8-14(20)16(22)10-12/h5-10H,1-4H2,(H,23,25)(H,24,26). The molecular weight excluding hydrogens is 352 g/mol. The fourth-order valence-corrected chi connectivity index (χ4v) is 2.17. The van der Waals surface area contributed by atoms with Crippen LogP contribution in [0.25, 0.3) is 0 Å². The molecule has 0 unspecified atom stereocenters. The van der Waals surface area contributed by atoms with Crippen molar-refractivity contribution in [1.29, 1.82) is 0 Å². The minimum absolute atomic E-state index is 0.0947. The number of rotatable bonds is 7. The third kappa shape index (κ3) is 5.87. The van der Waals surface area contributed by atoms with E-state index < -0.39 is 35.1 Å². The first kappa shape index (κ1) is 19.4. The Morgan fingerprint density at radius 2 is 1.04 bits per heavy atom. The Labute approximate surface area is 147 Å². The van der Waals surface area contributed by atoms with E-state index in [1.165, 1.54) is 12.1 Å². The molecule has 0 radical (unpaired) electrons. The quantitative estimate of drug-likeness (QED) is 0.563. The number of unbranched alkanes of at least 4 members (excludes halogenated alkanes) is 1. The summed E-state index contributed by atoms with van der Waals surface area (Å²) in [5.74, 6) is -4.91. The molecule has 2 rings (SSSR count). The molecule has 2 amide bonds. The Hall–Kier alpha value is -2.90. The van der Waals surface area contributed by atoms with Crippen molar-refractivity contribution in [3.63, 3.8) is 0 Å². The van der Waals surface area contributed by atoms with Gasteiger partial charge >= 0.3 is 0 Å². The molecule has 2 N–H and O–H groups in total. The molecule has 0 heterocycles. The summed E-state index contributed by atoms with van der Waals surface area (Å²) >= 11 is 0. The maximum atomic E-state index is 13.0. The highest BCUT2D eigenvalue weighted by atomic mass is 19.2. The van der Waals surface area contributed by atoms with Gasteiger partial charge in [-0.1, -0.05) is 0 Å². The van der Waals surface area contributed by atoms with Gasteiger partial charge in [0.25, 0.3) is 0 Å². The zero-order valence-electron chi connectivity index (χ0n) is 13.6. The van der Waals surface area contributed by atoms with E-state index in [0.717, 1.165) is 24.3 Å². The van der Waals surface area contributed by atoms with E-state index in [9.17, 15) is 27.2 Å². The minimum Gasteiger partial charge on any atom is -0.326 e. The average Bonchev–Trinajstić information content (AvgIpc) is 2.58. The Balaban J connectivity index is 1.68. The lowest BCUT2D eigenvalue weighted by molar-refractivity contribution is -0.118. The van der Waals surface area contributed by atoms with Crippen molar-refractivity contribution in [2.24, 2.45) is 0 Å². The van der Waals surface area contributed by atoms with Crippen LogP contribution in [0.1, 0.15) is 25.7 Å². The van der Waals surface area contributed by atoms with E-state index >= 15 is 0 Å². The number of halogens is 4. The van der Waals surface area contributed by atoms with Gasteiger partial charge in [0, 0.05) is 36.3 Å². The van der Waals surface area contributed by atoms with Gasteiger partial charge in [0.2, 0.25) is 11.8 Å². The van der Waals surface area contributed by atoms with E-state index in [1.54, 1.807) is 0 Å². The summed E-state index contributed by atoms with van der Waals surface area (Å²) in [7, 11) is 0. The van der Waals surface area contributed by atoms with Crippen molar-refractivity contribution < 1.29 is 27.2 Å². The smallest absolute Gasteiger partial charge is 0.224 e. The van der Waals surface area contributed by atoms with Crippen molar-refractivity contribution in [3.8, 4) is 0 Å². The highest BCUT2D eigenvalue weighted by Crippen LogP contribution is 2.15. The predicted molar refractivity (Wildman–Crippen MR) is 88.4 cm³/mol. The molecule has 0 aromatic heterocycles. The summed E-state index contributed by atoms with van der Waals surface area (Å²) in [6.45, 7) is 0. The second kappa shape index (κ2) is 8.98. The number of nitrogens with one attached hydrogen (secondary N) is 2. The zero-order valence-corrected chi connectivity index (χ0v) is 13.6. The lowest BCUT2D eigenvalue weighted by atomic mass is 10.1. The third-order valence-electron chi connectivity index (χ3n) is 3.46. The van der Waals surface area contributed by atoms with Gasteiger partial charge in [0.15, 0.2) is 23.3 Å². The molecule has 0 saturated heterocycles. The molecular formula is C18H16F4N2O2. The van der Waals surface area contributed by atoms with Gasteiger partial charge in [-0.15, -0.1) is 0 Å². The predicted octanol–water partition coefficient (Wildman–Crippen LogP) is 4.38.